The van der Waals surface area contributed by atoms with Gasteiger partial charge >= 0.3 is 0 Å². The summed E-state index contributed by atoms with van der Waals surface area (Å²) in [5.74, 6) is 0. The molecule has 1 aliphatic rings. The molecule has 0 saturated carbocycles. The van der Waals surface area contributed by atoms with Crippen LogP contribution < -0.4 is 4.80 Å². The number of pyridine rings is 1. The van der Waals surface area contributed by atoms with Gasteiger partial charge in [-0.05, 0) is 42.7 Å². The van der Waals surface area contributed by atoms with E-state index >= 15 is 0 Å². The van der Waals surface area contributed by atoms with E-state index in [2.05, 4.69) is 14.9 Å². The lowest BCUT2D eigenvalue weighted by atomic mass is 10.1. The molecule has 4 rings (SSSR count). The summed E-state index contributed by atoms with van der Waals surface area (Å²) in [5.41, 5.74) is 3.12. The number of aromatic nitrogens is 2. The van der Waals surface area contributed by atoms with Crippen LogP contribution in [0.4, 0.5) is 5.69 Å². The van der Waals surface area contributed by atoms with E-state index in [4.69, 9.17) is 21.3 Å². The molecule has 0 N–H and O–H groups in total. The Morgan fingerprint density at radius 2 is 2.16 bits per heavy atom. The summed E-state index contributed by atoms with van der Waals surface area (Å²) in [7, 11) is 0. The number of nitrogens with zero attached hydrogens (tertiary/aromatic N) is 3. The zero-order valence-corrected chi connectivity index (χ0v) is 15.2. The van der Waals surface area contributed by atoms with Crippen LogP contribution in [0.3, 0.4) is 0 Å². The second kappa shape index (κ2) is 7.52. The Balaban J connectivity index is 1.78. The fourth-order valence-corrected chi connectivity index (χ4v) is 4.03. The van der Waals surface area contributed by atoms with Gasteiger partial charge in [-0.1, -0.05) is 23.7 Å². The minimum Gasteiger partial charge on any atom is -0.376 e. The monoisotopic (exact) mass is 371 g/mol. The molecule has 6 heteroatoms. The van der Waals surface area contributed by atoms with Gasteiger partial charge in [-0.15, -0.1) is 11.3 Å². The Hall–Kier alpha value is -1.95. The van der Waals surface area contributed by atoms with Gasteiger partial charge in [-0.25, -0.2) is 4.99 Å². The molecule has 1 aliphatic heterocycles. The zero-order valence-electron chi connectivity index (χ0n) is 13.6. The number of ether oxygens (including phenoxy) is 1. The zero-order chi connectivity index (χ0) is 17.1. The summed E-state index contributed by atoms with van der Waals surface area (Å²) in [5, 5.41) is 2.89. The van der Waals surface area contributed by atoms with E-state index < -0.39 is 0 Å². The number of hydrogen-bond donors (Lipinski definition) is 0. The highest BCUT2D eigenvalue weighted by Crippen LogP contribution is 2.24. The molecule has 1 saturated heterocycles. The molecule has 1 fully saturated rings. The Morgan fingerprint density at radius 1 is 1.28 bits per heavy atom. The maximum Gasteiger partial charge on any atom is 0.190 e. The normalized spacial score (nSPS) is 18.0. The maximum atomic E-state index is 6.04. The molecule has 0 radical (unpaired) electrons. The van der Waals surface area contributed by atoms with Crippen LogP contribution in [0.2, 0.25) is 5.02 Å². The molecule has 128 valence electrons. The predicted molar refractivity (Wildman–Crippen MR) is 101 cm³/mol. The molecule has 1 unspecified atom stereocenters. The highest BCUT2D eigenvalue weighted by molar-refractivity contribution is 7.07. The van der Waals surface area contributed by atoms with Gasteiger partial charge in [-0.2, -0.15) is 0 Å². The van der Waals surface area contributed by atoms with Crippen molar-refractivity contribution in [3.05, 3.63) is 64.0 Å². The second-order valence-corrected chi connectivity index (χ2v) is 7.25. The highest BCUT2D eigenvalue weighted by Gasteiger charge is 2.19. The summed E-state index contributed by atoms with van der Waals surface area (Å²) >= 11 is 7.67. The lowest BCUT2D eigenvalue weighted by Crippen LogP contribution is -2.24. The summed E-state index contributed by atoms with van der Waals surface area (Å²) in [6, 6.07) is 11.8. The van der Waals surface area contributed by atoms with Crippen LogP contribution in [0.5, 0.6) is 0 Å². The average molecular weight is 372 g/mol. The largest absolute Gasteiger partial charge is 0.376 e. The molecule has 2 aromatic heterocycles. The first-order valence-electron chi connectivity index (χ1n) is 8.30. The minimum atomic E-state index is 0.244. The van der Waals surface area contributed by atoms with E-state index in [9.17, 15) is 0 Å². The van der Waals surface area contributed by atoms with E-state index in [1.54, 1.807) is 23.7 Å². The third kappa shape index (κ3) is 3.84. The maximum absolute atomic E-state index is 6.04. The van der Waals surface area contributed by atoms with Crippen molar-refractivity contribution in [3.8, 4) is 11.3 Å². The van der Waals surface area contributed by atoms with Crippen LogP contribution >= 0.6 is 22.9 Å². The Bertz CT molecular complexity index is 896. The molecular formula is C19H18ClN3OS. The Kier molecular flexibility index (Phi) is 4.97. The molecule has 25 heavy (non-hydrogen) atoms. The molecular weight excluding hydrogens is 354 g/mol. The van der Waals surface area contributed by atoms with Crippen LogP contribution in [0.15, 0.2) is 59.2 Å². The van der Waals surface area contributed by atoms with Gasteiger partial charge in [0.1, 0.15) is 0 Å². The average Bonchev–Trinajstić information content (AvgIpc) is 3.28. The summed E-state index contributed by atoms with van der Waals surface area (Å²) < 4.78 is 8.10. The van der Waals surface area contributed by atoms with Crippen LogP contribution in [-0.2, 0) is 11.3 Å². The van der Waals surface area contributed by atoms with Gasteiger partial charge in [0.05, 0.1) is 30.2 Å². The van der Waals surface area contributed by atoms with Crippen molar-refractivity contribution in [2.75, 3.05) is 6.61 Å². The van der Waals surface area contributed by atoms with E-state index in [-0.39, 0.29) is 6.10 Å². The molecule has 0 spiro atoms. The first kappa shape index (κ1) is 16.5. The van der Waals surface area contributed by atoms with E-state index in [0.29, 0.717) is 0 Å². The molecule has 0 aliphatic carbocycles. The Morgan fingerprint density at radius 3 is 2.88 bits per heavy atom. The fraction of sp³-hybridized carbons (Fsp3) is 0.263. The van der Waals surface area contributed by atoms with Gasteiger partial charge in [0.2, 0.25) is 0 Å². The minimum absolute atomic E-state index is 0.244. The first-order valence-corrected chi connectivity index (χ1v) is 9.56. The van der Waals surface area contributed by atoms with Crippen LogP contribution in [0.25, 0.3) is 11.3 Å². The van der Waals surface area contributed by atoms with Gasteiger partial charge < -0.3 is 9.30 Å². The molecule has 4 nitrogen and oxygen atoms in total. The number of benzene rings is 1. The molecule has 1 atom stereocenters. The molecule has 3 aromatic rings. The quantitative estimate of drug-likeness (QED) is 0.668. The lowest BCUT2D eigenvalue weighted by molar-refractivity contribution is 0.0968. The number of thiazole rings is 1. The van der Waals surface area contributed by atoms with Crippen molar-refractivity contribution < 1.29 is 4.74 Å². The van der Waals surface area contributed by atoms with E-state index in [1.807, 2.05) is 36.4 Å². The van der Waals surface area contributed by atoms with Crippen molar-refractivity contribution in [1.82, 2.24) is 9.55 Å². The standard InChI is InChI=1S/C19H18ClN3OS/c20-15-7-5-14(6-8-15)18-13-25-19(22-16-3-1-9-21-11-16)23(18)12-17-4-2-10-24-17/h1,3,5-9,11,13,17H,2,4,10,12H2. The summed E-state index contributed by atoms with van der Waals surface area (Å²) in [6.45, 7) is 1.65. The smallest absolute Gasteiger partial charge is 0.190 e. The number of halogens is 1. The van der Waals surface area contributed by atoms with E-state index in [1.165, 1.54) is 0 Å². The summed E-state index contributed by atoms with van der Waals surface area (Å²) in [6.07, 6.45) is 6.00. The van der Waals surface area contributed by atoms with Crippen molar-refractivity contribution >= 4 is 28.6 Å². The van der Waals surface area contributed by atoms with Crippen LogP contribution in [0.1, 0.15) is 12.8 Å². The van der Waals surface area contributed by atoms with Gasteiger partial charge in [0.25, 0.3) is 0 Å². The Labute approximate surface area is 155 Å². The summed E-state index contributed by atoms with van der Waals surface area (Å²) in [4.78, 5) is 9.89. The van der Waals surface area contributed by atoms with Crippen LogP contribution in [0, 0.1) is 0 Å². The van der Waals surface area contributed by atoms with Crippen molar-refractivity contribution in [2.24, 2.45) is 4.99 Å². The van der Waals surface area contributed by atoms with Gasteiger partial charge in [0, 0.05) is 23.2 Å². The molecule has 1 aromatic carbocycles. The third-order valence-corrected chi connectivity index (χ3v) is 5.33. The predicted octanol–water partition coefficient (Wildman–Crippen LogP) is 4.68. The van der Waals surface area contributed by atoms with Crippen molar-refractivity contribution in [3.63, 3.8) is 0 Å². The van der Waals surface area contributed by atoms with E-state index in [0.717, 1.165) is 52.8 Å². The molecule has 3 heterocycles. The van der Waals surface area contributed by atoms with Crippen molar-refractivity contribution in [2.45, 2.75) is 25.5 Å². The first-order chi connectivity index (χ1) is 12.3. The second-order valence-electron chi connectivity index (χ2n) is 5.98. The third-order valence-electron chi connectivity index (χ3n) is 4.22. The number of rotatable bonds is 4. The topological polar surface area (TPSA) is 39.4 Å². The molecule has 0 amide bonds. The highest BCUT2D eigenvalue weighted by atomic mass is 35.5. The van der Waals surface area contributed by atoms with Gasteiger partial charge in [-0.3, -0.25) is 4.98 Å². The lowest BCUT2D eigenvalue weighted by Gasteiger charge is -2.14. The van der Waals surface area contributed by atoms with Crippen LogP contribution in [-0.4, -0.2) is 22.3 Å². The SMILES string of the molecule is Clc1ccc(-c2csc(=Nc3cccnc3)n2CC2CCCO2)cc1. The van der Waals surface area contributed by atoms with Crippen molar-refractivity contribution in [1.29, 1.82) is 0 Å². The number of hydrogen-bond acceptors (Lipinski definition) is 4. The fourth-order valence-electron chi connectivity index (χ4n) is 2.97. The molecule has 0 bridgehead atoms. The van der Waals surface area contributed by atoms with Gasteiger partial charge in [0.15, 0.2) is 4.80 Å².